The van der Waals surface area contributed by atoms with Crippen LogP contribution < -0.4 is 4.90 Å². The van der Waals surface area contributed by atoms with Crippen LogP contribution in [0.3, 0.4) is 0 Å². The van der Waals surface area contributed by atoms with E-state index in [4.69, 9.17) is 0 Å². The summed E-state index contributed by atoms with van der Waals surface area (Å²) in [5, 5.41) is 10.1. The van der Waals surface area contributed by atoms with E-state index in [1.807, 2.05) is 19.9 Å². The molecule has 5 heteroatoms. The first-order chi connectivity index (χ1) is 8.00. The third-order valence-electron chi connectivity index (χ3n) is 3.04. The van der Waals surface area contributed by atoms with Crippen LogP contribution in [-0.4, -0.2) is 33.8 Å². The average Bonchev–Trinajstić information content (AvgIpc) is 2.27. The van der Waals surface area contributed by atoms with Crippen molar-refractivity contribution in [3.8, 4) is 0 Å². The molecule has 1 aliphatic heterocycles. The van der Waals surface area contributed by atoms with Crippen LogP contribution in [0, 0.1) is 0 Å². The van der Waals surface area contributed by atoms with Crippen molar-refractivity contribution < 1.29 is 5.11 Å². The standard InChI is InChI=1S/C12H18BrN3O/c1-3-10-14-9(13)7-11(15-10)16-6-4-5-12(2,17)8-16/h7,17H,3-6,8H2,1-2H3. The maximum Gasteiger partial charge on any atom is 0.133 e. The third kappa shape index (κ3) is 3.16. The SMILES string of the molecule is CCc1nc(Br)cc(N2CCCC(C)(O)C2)n1. The van der Waals surface area contributed by atoms with Crippen molar-refractivity contribution in [3.63, 3.8) is 0 Å². The molecule has 2 heterocycles. The molecule has 1 atom stereocenters. The van der Waals surface area contributed by atoms with Gasteiger partial charge in [0.2, 0.25) is 0 Å². The molecule has 1 fully saturated rings. The molecule has 1 aromatic rings. The molecule has 1 N–H and O–H groups in total. The van der Waals surface area contributed by atoms with Gasteiger partial charge in [0.05, 0.1) is 5.60 Å². The molecule has 0 aromatic carbocycles. The number of hydrogen-bond donors (Lipinski definition) is 1. The quantitative estimate of drug-likeness (QED) is 0.850. The predicted molar refractivity (Wildman–Crippen MR) is 71.2 cm³/mol. The second-order valence-corrected chi connectivity index (χ2v) is 5.65. The summed E-state index contributed by atoms with van der Waals surface area (Å²) in [6.07, 6.45) is 2.67. The van der Waals surface area contributed by atoms with Crippen LogP contribution in [-0.2, 0) is 6.42 Å². The Morgan fingerprint density at radius 3 is 2.94 bits per heavy atom. The van der Waals surface area contributed by atoms with Crippen molar-refractivity contribution >= 4 is 21.7 Å². The molecule has 1 unspecified atom stereocenters. The Bertz CT molecular complexity index is 409. The van der Waals surface area contributed by atoms with Gasteiger partial charge in [-0.15, -0.1) is 0 Å². The van der Waals surface area contributed by atoms with Gasteiger partial charge in [-0.25, -0.2) is 9.97 Å². The molecule has 94 valence electrons. The van der Waals surface area contributed by atoms with Gasteiger partial charge >= 0.3 is 0 Å². The summed E-state index contributed by atoms with van der Waals surface area (Å²) in [4.78, 5) is 10.9. The minimum atomic E-state index is -0.609. The Morgan fingerprint density at radius 2 is 2.29 bits per heavy atom. The van der Waals surface area contributed by atoms with Gasteiger partial charge in [0.15, 0.2) is 0 Å². The van der Waals surface area contributed by atoms with E-state index < -0.39 is 5.60 Å². The molecular formula is C12H18BrN3O. The van der Waals surface area contributed by atoms with Crippen molar-refractivity contribution in [3.05, 3.63) is 16.5 Å². The Morgan fingerprint density at radius 1 is 1.53 bits per heavy atom. The van der Waals surface area contributed by atoms with E-state index in [2.05, 4.69) is 30.8 Å². The van der Waals surface area contributed by atoms with Crippen LogP contribution in [0.25, 0.3) is 0 Å². The van der Waals surface area contributed by atoms with E-state index in [0.29, 0.717) is 6.54 Å². The number of aliphatic hydroxyl groups is 1. The average molecular weight is 300 g/mol. The van der Waals surface area contributed by atoms with Gasteiger partial charge in [0.1, 0.15) is 16.2 Å². The molecule has 1 aromatic heterocycles. The zero-order chi connectivity index (χ0) is 12.5. The highest BCUT2D eigenvalue weighted by molar-refractivity contribution is 9.10. The Hall–Kier alpha value is -0.680. The van der Waals surface area contributed by atoms with Gasteiger partial charge in [0, 0.05) is 25.6 Å². The maximum atomic E-state index is 10.1. The minimum Gasteiger partial charge on any atom is -0.388 e. The van der Waals surface area contributed by atoms with Crippen molar-refractivity contribution in [1.29, 1.82) is 0 Å². The maximum absolute atomic E-state index is 10.1. The second-order valence-electron chi connectivity index (χ2n) is 4.84. The minimum absolute atomic E-state index is 0.609. The topological polar surface area (TPSA) is 49.2 Å². The molecule has 4 nitrogen and oxygen atoms in total. The second kappa shape index (κ2) is 4.90. The summed E-state index contributed by atoms with van der Waals surface area (Å²) in [6.45, 7) is 5.51. The third-order valence-corrected chi connectivity index (χ3v) is 3.45. The number of aromatic nitrogens is 2. The molecule has 0 radical (unpaired) electrons. The number of piperidine rings is 1. The molecule has 1 aliphatic rings. The molecule has 0 spiro atoms. The Kier molecular flexibility index (Phi) is 3.68. The van der Waals surface area contributed by atoms with Crippen LogP contribution in [0.4, 0.5) is 5.82 Å². The summed E-state index contributed by atoms with van der Waals surface area (Å²) in [5.74, 6) is 1.74. The van der Waals surface area contributed by atoms with Crippen molar-refractivity contribution in [2.24, 2.45) is 0 Å². The van der Waals surface area contributed by atoms with Gasteiger partial charge in [-0.2, -0.15) is 0 Å². The van der Waals surface area contributed by atoms with Gasteiger partial charge in [-0.3, -0.25) is 0 Å². The lowest BCUT2D eigenvalue weighted by Crippen LogP contribution is -2.46. The summed E-state index contributed by atoms with van der Waals surface area (Å²) >= 11 is 3.41. The highest BCUT2D eigenvalue weighted by Gasteiger charge is 2.29. The Balaban J connectivity index is 2.24. The largest absolute Gasteiger partial charge is 0.388 e. The predicted octanol–water partition coefficient (Wildman–Crippen LogP) is 2.15. The molecule has 0 aliphatic carbocycles. The summed E-state index contributed by atoms with van der Waals surface area (Å²) < 4.78 is 0.810. The van der Waals surface area contributed by atoms with Crippen molar-refractivity contribution in [2.75, 3.05) is 18.0 Å². The van der Waals surface area contributed by atoms with E-state index in [0.717, 1.165) is 42.1 Å². The summed E-state index contributed by atoms with van der Waals surface area (Å²) in [6, 6.07) is 1.92. The van der Waals surface area contributed by atoms with E-state index >= 15 is 0 Å². The first kappa shape index (κ1) is 12.8. The number of nitrogens with zero attached hydrogens (tertiary/aromatic N) is 3. The van der Waals surface area contributed by atoms with Crippen LogP contribution >= 0.6 is 15.9 Å². The van der Waals surface area contributed by atoms with E-state index in [-0.39, 0.29) is 0 Å². The fourth-order valence-electron chi connectivity index (χ4n) is 2.19. The van der Waals surface area contributed by atoms with Gasteiger partial charge < -0.3 is 10.0 Å². The highest BCUT2D eigenvalue weighted by atomic mass is 79.9. The van der Waals surface area contributed by atoms with E-state index in [1.54, 1.807) is 0 Å². The van der Waals surface area contributed by atoms with Crippen LogP contribution in [0.15, 0.2) is 10.7 Å². The lowest BCUT2D eigenvalue weighted by molar-refractivity contribution is 0.0447. The fourth-order valence-corrected chi connectivity index (χ4v) is 2.60. The fraction of sp³-hybridized carbons (Fsp3) is 0.667. The number of β-amino-alcohol motifs (C(OH)–C–C–N with tert-alkyl or cyclic N) is 1. The summed E-state index contributed by atoms with van der Waals surface area (Å²) in [7, 11) is 0. The highest BCUT2D eigenvalue weighted by Crippen LogP contribution is 2.25. The lowest BCUT2D eigenvalue weighted by atomic mass is 9.95. The molecule has 17 heavy (non-hydrogen) atoms. The number of halogens is 1. The van der Waals surface area contributed by atoms with Crippen LogP contribution in [0.5, 0.6) is 0 Å². The monoisotopic (exact) mass is 299 g/mol. The number of anilines is 1. The number of aryl methyl sites for hydroxylation is 1. The first-order valence-electron chi connectivity index (χ1n) is 6.01. The zero-order valence-electron chi connectivity index (χ0n) is 10.3. The number of rotatable bonds is 2. The van der Waals surface area contributed by atoms with Crippen molar-refractivity contribution in [1.82, 2.24) is 9.97 Å². The van der Waals surface area contributed by atoms with E-state index in [1.165, 1.54) is 0 Å². The number of hydrogen-bond acceptors (Lipinski definition) is 4. The Labute approximate surface area is 110 Å². The molecule has 0 bridgehead atoms. The zero-order valence-corrected chi connectivity index (χ0v) is 11.9. The first-order valence-corrected chi connectivity index (χ1v) is 6.80. The smallest absolute Gasteiger partial charge is 0.133 e. The van der Waals surface area contributed by atoms with Gasteiger partial charge in [-0.05, 0) is 35.7 Å². The van der Waals surface area contributed by atoms with Crippen LogP contribution in [0.1, 0.15) is 32.5 Å². The van der Waals surface area contributed by atoms with Crippen molar-refractivity contribution in [2.45, 2.75) is 38.7 Å². The molecule has 0 saturated carbocycles. The molecule has 1 saturated heterocycles. The van der Waals surface area contributed by atoms with Crippen LogP contribution in [0.2, 0.25) is 0 Å². The molecular weight excluding hydrogens is 282 g/mol. The molecule has 2 rings (SSSR count). The lowest BCUT2D eigenvalue weighted by Gasteiger charge is -2.37. The normalized spacial score (nSPS) is 25.1. The van der Waals surface area contributed by atoms with E-state index in [9.17, 15) is 5.11 Å². The van der Waals surface area contributed by atoms with Gasteiger partial charge in [-0.1, -0.05) is 6.92 Å². The summed E-state index contributed by atoms with van der Waals surface area (Å²) in [5.41, 5.74) is -0.609. The molecule has 0 amide bonds. The van der Waals surface area contributed by atoms with Gasteiger partial charge in [0.25, 0.3) is 0 Å².